The van der Waals surface area contributed by atoms with Crippen molar-refractivity contribution in [2.24, 2.45) is 0 Å². The van der Waals surface area contributed by atoms with E-state index in [2.05, 4.69) is 35.7 Å². The van der Waals surface area contributed by atoms with Crippen molar-refractivity contribution in [3.05, 3.63) is 68.3 Å². The molecule has 0 spiro atoms. The van der Waals surface area contributed by atoms with Crippen molar-refractivity contribution < 1.29 is 71.4 Å². The van der Waals surface area contributed by atoms with Gasteiger partial charge in [0.15, 0.2) is 0 Å². The summed E-state index contributed by atoms with van der Waals surface area (Å²) < 4.78 is 46.5. The Morgan fingerprint density at radius 2 is 0.865 bits per heavy atom. The average molecular weight is 732 g/mol. The van der Waals surface area contributed by atoms with E-state index in [0.717, 1.165) is 18.2 Å². The van der Waals surface area contributed by atoms with Gasteiger partial charge in [0.05, 0.1) is 39.6 Å². The zero-order valence-electron chi connectivity index (χ0n) is 28.3. The molecule has 0 fully saturated rings. The summed E-state index contributed by atoms with van der Waals surface area (Å²) in [5, 5.41) is 8.13. The summed E-state index contributed by atoms with van der Waals surface area (Å²) >= 11 is 0. The molecular formula is C34H41N3O15. The highest BCUT2D eigenvalue weighted by molar-refractivity contribution is 5.97. The van der Waals surface area contributed by atoms with Crippen LogP contribution in [0.15, 0.2) is 68.3 Å². The molecule has 0 bridgehead atoms. The van der Waals surface area contributed by atoms with E-state index >= 15 is 0 Å². The molecule has 0 unspecified atom stereocenters. The molecule has 0 heterocycles. The normalized spacial score (nSPS) is 10.2. The molecule has 0 saturated carbocycles. The van der Waals surface area contributed by atoms with Gasteiger partial charge in [0.25, 0.3) is 0 Å². The van der Waals surface area contributed by atoms with Crippen molar-refractivity contribution in [3.63, 3.8) is 0 Å². The Bertz CT molecular complexity index is 1550. The second-order valence-electron chi connectivity index (χ2n) is 9.67. The molecule has 2 aromatic carbocycles. The van der Waals surface area contributed by atoms with Crippen molar-refractivity contribution >= 4 is 47.0 Å². The van der Waals surface area contributed by atoms with Crippen LogP contribution in [-0.4, -0.2) is 115 Å². The molecule has 2 rings (SSSR count). The lowest BCUT2D eigenvalue weighted by Crippen LogP contribution is -2.31. The van der Waals surface area contributed by atoms with Crippen LogP contribution < -0.4 is 30.2 Å². The second-order valence-corrected chi connectivity index (χ2v) is 9.67. The van der Waals surface area contributed by atoms with Gasteiger partial charge in [0.2, 0.25) is 0 Å². The lowest BCUT2D eigenvalue weighted by molar-refractivity contribution is -0.140. The molecule has 18 heteroatoms. The molecule has 0 atom stereocenters. The highest BCUT2D eigenvalue weighted by Gasteiger charge is 2.16. The largest absolute Gasteiger partial charge is 0.460 e. The third-order valence-corrected chi connectivity index (χ3v) is 5.99. The minimum Gasteiger partial charge on any atom is -0.460 e. The van der Waals surface area contributed by atoms with Crippen LogP contribution in [0.25, 0.3) is 10.8 Å². The SMILES string of the molecule is C=CC(=O)OCCOCCNC(=O)Oc1ccc2c(OC(=O)NCCOCCOC(=O)C=C)ccc(OC(=O)NCCOCCOC(=O)C=C)c2c1. The maximum absolute atomic E-state index is 12.6. The number of ether oxygens (including phenoxy) is 9. The van der Waals surface area contributed by atoms with Crippen LogP contribution in [0.2, 0.25) is 0 Å². The summed E-state index contributed by atoms with van der Waals surface area (Å²) in [6.45, 7) is 10.8. The van der Waals surface area contributed by atoms with Crippen molar-refractivity contribution in [1.82, 2.24) is 16.0 Å². The molecule has 0 saturated heterocycles. The van der Waals surface area contributed by atoms with Crippen molar-refractivity contribution in [2.75, 3.05) is 79.1 Å². The van der Waals surface area contributed by atoms with Crippen LogP contribution in [0.5, 0.6) is 17.2 Å². The molecule has 18 nitrogen and oxygen atoms in total. The molecule has 0 aromatic heterocycles. The summed E-state index contributed by atoms with van der Waals surface area (Å²) in [7, 11) is 0. The van der Waals surface area contributed by atoms with E-state index in [-0.39, 0.29) is 102 Å². The summed E-state index contributed by atoms with van der Waals surface area (Å²) in [5.41, 5.74) is 0. The van der Waals surface area contributed by atoms with E-state index in [0.29, 0.717) is 5.39 Å². The third kappa shape index (κ3) is 17.6. The zero-order chi connectivity index (χ0) is 38.0. The first-order valence-electron chi connectivity index (χ1n) is 15.7. The number of nitrogens with one attached hydrogen (secondary N) is 3. The fourth-order valence-corrected chi connectivity index (χ4v) is 3.69. The minimum atomic E-state index is -0.836. The number of amides is 3. The van der Waals surface area contributed by atoms with Crippen molar-refractivity contribution in [2.45, 2.75) is 0 Å². The van der Waals surface area contributed by atoms with Gasteiger partial charge in [0.1, 0.15) is 37.1 Å². The summed E-state index contributed by atoms with van der Waals surface area (Å²) in [6, 6.07) is 7.15. The number of hydrogen-bond donors (Lipinski definition) is 3. The van der Waals surface area contributed by atoms with Crippen LogP contribution in [0.3, 0.4) is 0 Å². The highest BCUT2D eigenvalue weighted by Crippen LogP contribution is 2.36. The number of fused-ring (bicyclic) bond motifs is 1. The van der Waals surface area contributed by atoms with E-state index in [4.69, 9.17) is 42.6 Å². The number of esters is 3. The number of hydrogen-bond acceptors (Lipinski definition) is 15. The Labute approximate surface area is 298 Å². The van der Waals surface area contributed by atoms with Gasteiger partial charge >= 0.3 is 36.2 Å². The van der Waals surface area contributed by atoms with Gasteiger partial charge in [-0.2, -0.15) is 0 Å². The Morgan fingerprint density at radius 1 is 0.481 bits per heavy atom. The first-order valence-corrected chi connectivity index (χ1v) is 15.7. The number of benzene rings is 2. The van der Waals surface area contributed by atoms with Crippen LogP contribution >= 0.6 is 0 Å². The number of carbonyl (C=O) groups excluding carboxylic acids is 6. The quantitative estimate of drug-likeness (QED) is 0.0610. The molecule has 282 valence electrons. The lowest BCUT2D eigenvalue weighted by Gasteiger charge is -2.14. The van der Waals surface area contributed by atoms with Crippen LogP contribution in [0, 0.1) is 0 Å². The Kier molecular flexibility index (Phi) is 20.3. The summed E-state index contributed by atoms with van der Waals surface area (Å²) in [5.74, 6) is -1.53. The molecule has 0 aliphatic heterocycles. The van der Waals surface area contributed by atoms with E-state index in [1.807, 2.05) is 0 Å². The molecule has 52 heavy (non-hydrogen) atoms. The molecule has 2 aromatic rings. The number of carbonyl (C=O) groups is 6. The third-order valence-electron chi connectivity index (χ3n) is 5.99. The molecule has 3 amide bonds. The standard InChI is InChI=1S/C34H41N3O15/c1-4-29(38)47-20-17-44-14-11-35-32(41)50-24-7-8-25-26(23-24)28(52-34(43)37-13-16-46-19-22-49-31(40)6-3)10-9-27(25)51-33(42)36-12-15-45-18-21-48-30(39)5-2/h4-10,23H,1-3,11-22H2,(H,35,41)(H,36,42)(H,37,43). The van der Waals surface area contributed by atoms with E-state index in [1.54, 1.807) is 0 Å². The fourth-order valence-electron chi connectivity index (χ4n) is 3.69. The van der Waals surface area contributed by atoms with Gasteiger partial charge in [0, 0.05) is 48.6 Å². The summed E-state index contributed by atoms with van der Waals surface area (Å²) in [6.07, 6.45) is 0.632. The first-order chi connectivity index (χ1) is 25.2. The van der Waals surface area contributed by atoms with Crippen LogP contribution in [0.4, 0.5) is 14.4 Å². The Morgan fingerprint density at radius 3 is 1.27 bits per heavy atom. The van der Waals surface area contributed by atoms with E-state index in [1.165, 1.54) is 30.3 Å². The average Bonchev–Trinajstić information content (AvgIpc) is 3.14. The molecule has 0 aliphatic carbocycles. The molecule has 0 aliphatic rings. The minimum absolute atomic E-state index is 0.0156. The predicted molar refractivity (Wildman–Crippen MR) is 182 cm³/mol. The van der Waals surface area contributed by atoms with Gasteiger partial charge in [-0.25, -0.2) is 28.8 Å². The zero-order valence-corrected chi connectivity index (χ0v) is 28.3. The topological polar surface area (TPSA) is 222 Å². The second kappa shape index (κ2) is 25.0. The molecule has 0 radical (unpaired) electrons. The first kappa shape index (κ1) is 42.2. The van der Waals surface area contributed by atoms with Crippen LogP contribution in [0.1, 0.15) is 0 Å². The maximum Gasteiger partial charge on any atom is 0.412 e. The van der Waals surface area contributed by atoms with Gasteiger partial charge < -0.3 is 58.6 Å². The van der Waals surface area contributed by atoms with Gasteiger partial charge in [-0.05, 0) is 30.3 Å². The van der Waals surface area contributed by atoms with Crippen molar-refractivity contribution in [3.8, 4) is 17.2 Å². The monoisotopic (exact) mass is 731 g/mol. The Hall–Kier alpha value is -5.98. The predicted octanol–water partition coefficient (Wildman–Crippen LogP) is 2.34. The Balaban J connectivity index is 2.00. The van der Waals surface area contributed by atoms with Crippen molar-refractivity contribution in [1.29, 1.82) is 0 Å². The maximum atomic E-state index is 12.6. The highest BCUT2D eigenvalue weighted by atomic mass is 16.6. The van der Waals surface area contributed by atoms with Crippen LogP contribution in [-0.2, 0) is 42.8 Å². The molecule has 3 N–H and O–H groups in total. The lowest BCUT2D eigenvalue weighted by atomic mass is 10.1. The summed E-state index contributed by atoms with van der Waals surface area (Å²) in [4.78, 5) is 70.6. The number of rotatable bonds is 24. The van der Waals surface area contributed by atoms with E-state index < -0.39 is 36.2 Å². The van der Waals surface area contributed by atoms with Gasteiger partial charge in [-0.1, -0.05) is 19.7 Å². The van der Waals surface area contributed by atoms with Gasteiger partial charge in [-0.3, -0.25) is 0 Å². The fraction of sp³-hybridized carbons (Fsp3) is 0.353. The molecular weight excluding hydrogens is 690 g/mol. The van der Waals surface area contributed by atoms with E-state index in [9.17, 15) is 28.8 Å². The van der Waals surface area contributed by atoms with Gasteiger partial charge in [-0.15, -0.1) is 0 Å². The smallest absolute Gasteiger partial charge is 0.412 e.